The molecule has 3 rings (SSSR count). The molecule has 0 spiro atoms. The van der Waals surface area contributed by atoms with Crippen molar-refractivity contribution >= 4 is 29.2 Å². The average Bonchev–Trinajstić information content (AvgIpc) is 2.97. The number of nitrogens with one attached hydrogen (secondary N) is 1. The van der Waals surface area contributed by atoms with Crippen LogP contribution < -0.4 is 5.32 Å². The van der Waals surface area contributed by atoms with E-state index in [2.05, 4.69) is 10.4 Å². The van der Waals surface area contributed by atoms with Gasteiger partial charge in [-0.2, -0.15) is 5.10 Å². The number of aromatic nitrogens is 2. The summed E-state index contributed by atoms with van der Waals surface area (Å²) >= 11 is 5.79. The van der Waals surface area contributed by atoms with E-state index in [0.29, 0.717) is 23.5 Å². The van der Waals surface area contributed by atoms with E-state index in [1.54, 1.807) is 18.5 Å². The molecule has 150 valence electrons. The van der Waals surface area contributed by atoms with E-state index in [9.17, 15) is 14.0 Å². The van der Waals surface area contributed by atoms with Gasteiger partial charge < -0.3 is 10.1 Å². The molecule has 2 aromatic carbocycles. The maximum absolute atomic E-state index is 13.7. The number of esters is 1. The highest BCUT2D eigenvalue weighted by Gasteiger charge is 2.21. The van der Waals surface area contributed by atoms with Crippen molar-refractivity contribution in [2.24, 2.45) is 0 Å². The van der Waals surface area contributed by atoms with Gasteiger partial charge in [-0.25, -0.2) is 9.18 Å². The van der Waals surface area contributed by atoms with Crippen LogP contribution >= 0.6 is 11.6 Å². The normalized spacial score (nSPS) is 10.6. The molecular weight excluding hydrogens is 397 g/mol. The van der Waals surface area contributed by atoms with Crippen LogP contribution in [0.5, 0.6) is 0 Å². The summed E-state index contributed by atoms with van der Waals surface area (Å²) in [4.78, 5) is 24.5. The first kappa shape index (κ1) is 20.5. The number of ether oxygens (including phenoxy) is 1. The Balaban J connectivity index is 1.65. The molecule has 0 aliphatic carbocycles. The lowest BCUT2D eigenvalue weighted by Gasteiger charge is -2.08. The van der Waals surface area contributed by atoms with Crippen molar-refractivity contribution in [3.8, 4) is 0 Å². The minimum Gasteiger partial charge on any atom is -0.452 e. The number of hydrogen-bond acceptors (Lipinski definition) is 4. The molecule has 0 saturated heterocycles. The zero-order chi connectivity index (χ0) is 21.0. The van der Waals surface area contributed by atoms with E-state index in [1.165, 1.54) is 12.1 Å². The Kier molecular flexibility index (Phi) is 6.29. The van der Waals surface area contributed by atoms with Gasteiger partial charge in [0.1, 0.15) is 11.4 Å². The number of rotatable bonds is 6. The molecule has 3 aromatic rings. The summed E-state index contributed by atoms with van der Waals surface area (Å²) in [6, 6.07) is 13.5. The number of amides is 1. The molecule has 0 radical (unpaired) electrons. The molecule has 0 atom stereocenters. The molecule has 0 fully saturated rings. The van der Waals surface area contributed by atoms with Gasteiger partial charge in [-0.1, -0.05) is 41.9 Å². The lowest BCUT2D eigenvalue weighted by atomic mass is 10.2. The Morgan fingerprint density at radius 3 is 2.62 bits per heavy atom. The minimum absolute atomic E-state index is 0.0819. The molecule has 6 nitrogen and oxygen atoms in total. The van der Waals surface area contributed by atoms with Gasteiger partial charge >= 0.3 is 5.97 Å². The maximum atomic E-state index is 13.7. The number of benzene rings is 2. The van der Waals surface area contributed by atoms with Crippen molar-refractivity contribution in [2.45, 2.75) is 20.4 Å². The third kappa shape index (κ3) is 5.00. The van der Waals surface area contributed by atoms with Crippen LogP contribution in [0.4, 0.5) is 10.1 Å². The Bertz CT molecular complexity index is 1050. The molecule has 1 N–H and O–H groups in total. The van der Waals surface area contributed by atoms with Gasteiger partial charge in [-0.05, 0) is 37.6 Å². The van der Waals surface area contributed by atoms with E-state index in [1.807, 2.05) is 30.3 Å². The second-order valence-electron chi connectivity index (χ2n) is 6.44. The van der Waals surface area contributed by atoms with Crippen molar-refractivity contribution < 1.29 is 18.7 Å². The molecule has 1 aromatic heterocycles. The maximum Gasteiger partial charge on any atom is 0.342 e. The van der Waals surface area contributed by atoms with E-state index in [0.717, 1.165) is 11.6 Å². The van der Waals surface area contributed by atoms with E-state index >= 15 is 0 Å². The molecule has 0 unspecified atom stereocenters. The van der Waals surface area contributed by atoms with Crippen LogP contribution in [0, 0.1) is 19.7 Å². The van der Waals surface area contributed by atoms with Crippen molar-refractivity contribution in [3.63, 3.8) is 0 Å². The van der Waals surface area contributed by atoms with Gasteiger partial charge in [0.25, 0.3) is 5.91 Å². The number of halogens is 2. The highest BCUT2D eigenvalue weighted by Crippen LogP contribution is 2.20. The summed E-state index contributed by atoms with van der Waals surface area (Å²) < 4.78 is 20.5. The van der Waals surface area contributed by atoms with Crippen LogP contribution in [0.2, 0.25) is 5.02 Å². The van der Waals surface area contributed by atoms with Crippen LogP contribution in [0.3, 0.4) is 0 Å². The van der Waals surface area contributed by atoms with Gasteiger partial charge in [0, 0.05) is 5.02 Å². The van der Waals surface area contributed by atoms with Gasteiger partial charge in [0.2, 0.25) is 0 Å². The van der Waals surface area contributed by atoms with Crippen LogP contribution in [-0.4, -0.2) is 28.3 Å². The molecule has 1 amide bonds. The first-order valence-corrected chi connectivity index (χ1v) is 9.23. The minimum atomic E-state index is -0.675. The zero-order valence-corrected chi connectivity index (χ0v) is 16.7. The van der Waals surface area contributed by atoms with Crippen molar-refractivity contribution in [1.29, 1.82) is 0 Å². The molecule has 1 heterocycles. The molecular formula is C21H19ClFN3O3. The van der Waals surface area contributed by atoms with E-state index < -0.39 is 24.3 Å². The molecule has 8 heteroatoms. The number of carbonyl (C=O) groups excluding carboxylic acids is 2. The number of anilines is 1. The summed E-state index contributed by atoms with van der Waals surface area (Å²) in [6.45, 7) is 3.41. The van der Waals surface area contributed by atoms with E-state index in [-0.39, 0.29) is 10.7 Å². The van der Waals surface area contributed by atoms with Crippen LogP contribution in [0.15, 0.2) is 48.5 Å². The largest absolute Gasteiger partial charge is 0.452 e. The fourth-order valence-electron chi connectivity index (χ4n) is 2.89. The van der Waals surface area contributed by atoms with E-state index in [4.69, 9.17) is 16.3 Å². The predicted molar refractivity (Wildman–Crippen MR) is 108 cm³/mol. The lowest BCUT2D eigenvalue weighted by Crippen LogP contribution is -2.22. The smallest absolute Gasteiger partial charge is 0.342 e. The Labute approximate surface area is 172 Å². The summed E-state index contributed by atoms with van der Waals surface area (Å²) in [5, 5.41) is 7.00. The summed E-state index contributed by atoms with van der Waals surface area (Å²) in [5.41, 5.74) is 2.41. The highest BCUT2D eigenvalue weighted by molar-refractivity contribution is 6.30. The van der Waals surface area contributed by atoms with Gasteiger partial charge in [0.15, 0.2) is 6.61 Å². The molecule has 0 aliphatic heterocycles. The molecule has 29 heavy (non-hydrogen) atoms. The van der Waals surface area contributed by atoms with Crippen LogP contribution in [-0.2, 0) is 16.1 Å². The molecule has 0 bridgehead atoms. The number of nitrogens with zero attached hydrogens (tertiary/aromatic N) is 2. The third-order valence-corrected chi connectivity index (χ3v) is 4.53. The topological polar surface area (TPSA) is 73.2 Å². The monoisotopic (exact) mass is 415 g/mol. The summed E-state index contributed by atoms with van der Waals surface area (Å²) in [6.07, 6.45) is 0. The van der Waals surface area contributed by atoms with Crippen molar-refractivity contribution in [3.05, 3.63) is 81.9 Å². The second kappa shape index (κ2) is 8.87. The SMILES string of the molecule is Cc1nn(Cc2ccccc2)c(C)c1C(=O)OCC(=O)Nc1cc(Cl)ccc1F. The van der Waals surface area contributed by atoms with Gasteiger partial charge in [-0.15, -0.1) is 0 Å². The van der Waals surface area contributed by atoms with Crippen molar-refractivity contribution in [2.75, 3.05) is 11.9 Å². The molecule has 0 saturated carbocycles. The quantitative estimate of drug-likeness (QED) is 0.614. The summed E-state index contributed by atoms with van der Waals surface area (Å²) in [5.74, 6) is -1.98. The number of hydrogen-bond donors (Lipinski definition) is 1. The number of aryl methyl sites for hydroxylation is 1. The standard InChI is InChI=1S/C21H19ClFN3O3/c1-13-20(14(2)26(25-13)11-15-6-4-3-5-7-15)21(28)29-12-19(27)24-18-10-16(22)8-9-17(18)23/h3-10H,11-12H2,1-2H3,(H,24,27). The molecule has 0 aliphatic rings. The lowest BCUT2D eigenvalue weighted by molar-refractivity contribution is -0.119. The average molecular weight is 416 g/mol. The van der Waals surface area contributed by atoms with Gasteiger partial charge in [0.05, 0.1) is 23.6 Å². The van der Waals surface area contributed by atoms with Crippen molar-refractivity contribution in [1.82, 2.24) is 9.78 Å². The number of carbonyl (C=O) groups is 2. The predicted octanol–water partition coefficient (Wildman–Crippen LogP) is 4.14. The highest BCUT2D eigenvalue weighted by atomic mass is 35.5. The fourth-order valence-corrected chi connectivity index (χ4v) is 3.06. The zero-order valence-electron chi connectivity index (χ0n) is 15.9. The van der Waals surface area contributed by atoms with Crippen LogP contribution in [0.25, 0.3) is 0 Å². The first-order chi connectivity index (χ1) is 13.8. The van der Waals surface area contributed by atoms with Gasteiger partial charge in [-0.3, -0.25) is 9.48 Å². The summed E-state index contributed by atoms with van der Waals surface area (Å²) in [7, 11) is 0. The van der Waals surface area contributed by atoms with Crippen LogP contribution in [0.1, 0.15) is 27.3 Å². The first-order valence-electron chi connectivity index (χ1n) is 8.85. The third-order valence-electron chi connectivity index (χ3n) is 4.30. The fraction of sp³-hybridized carbons (Fsp3) is 0.190. The Morgan fingerprint density at radius 1 is 1.17 bits per heavy atom. The Hall–Kier alpha value is -3.19. The second-order valence-corrected chi connectivity index (χ2v) is 6.87. The Morgan fingerprint density at radius 2 is 1.90 bits per heavy atom.